The number of rotatable bonds is 4. The molecule has 0 saturated carbocycles. The first kappa shape index (κ1) is 12.4. The van der Waals surface area contributed by atoms with Gasteiger partial charge in [-0.3, -0.25) is 0 Å². The van der Waals surface area contributed by atoms with E-state index in [1.54, 1.807) is 18.9 Å². The van der Waals surface area contributed by atoms with Gasteiger partial charge in [-0.15, -0.1) is 0 Å². The molecule has 0 aliphatic carbocycles. The van der Waals surface area contributed by atoms with Crippen LogP contribution in [0, 0.1) is 13.8 Å². The molecule has 0 radical (unpaired) electrons. The van der Waals surface area contributed by atoms with Crippen molar-refractivity contribution in [1.29, 1.82) is 0 Å². The molecule has 0 heterocycles. The van der Waals surface area contributed by atoms with Gasteiger partial charge in [0.1, 0.15) is 5.75 Å². The molecule has 1 unspecified atom stereocenters. The van der Waals surface area contributed by atoms with Crippen LogP contribution in [-0.4, -0.2) is 24.2 Å². The first-order chi connectivity index (χ1) is 7.10. The van der Waals surface area contributed by atoms with E-state index < -0.39 is 0 Å². The molecule has 3 heteroatoms. The van der Waals surface area contributed by atoms with Gasteiger partial charge in [0.25, 0.3) is 0 Å². The summed E-state index contributed by atoms with van der Waals surface area (Å²) < 4.78 is 5.23. The zero-order valence-electron chi connectivity index (χ0n) is 9.70. The number of hydrogen-bond donors (Lipinski definition) is 1. The molecule has 1 rings (SSSR count). The molecule has 1 N–H and O–H groups in total. The minimum atomic E-state index is -0.385. The Balaban J connectivity index is 3.04. The highest BCUT2D eigenvalue weighted by molar-refractivity contribution is 7.98. The van der Waals surface area contributed by atoms with E-state index in [2.05, 4.69) is 0 Å². The Hall–Kier alpha value is -0.670. The van der Waals surface area contributed by atoms with Gasteiger partial charge in [-0.1, -0.05) is 0 Å². The van der Waals surface area contributed by atoms with Crippen molar-refractivity contribution in [3.8, 4) is 5.75 Å². The molecule has 15 heavy (non-hydrogen) atoms. The van der Waals surface area contributed by atoms with Crippen LogP contribution in [0.25, 0.3) is 0 Å². The van der Waals surface area contributed by atoms with Crippen LogP contribution in [0.2, 0.25) is 0 Å². The first-order valence-corrected chi connectivity index (χ1v) is 6.31. The van der Waals surface area contributed by atoms with Crippen molar-refractivity contribution in [2.45, 2.75) is 20.0 Å². The Morgan fingerprint density at radius 2 is 2.00 bits per heavy atom. The van der Waals surface area contributed by atoms with Crippen LogP contribution in [0.4, 0.5) is 0 Å². The summed E-state index contributed by atoms with van der Waals surface area (Å²) in [5, 5.41) is 9.93. The minimum absolute atomic E-state index is 0.385. The average Bonchev–Trinajstić information content (AvgIpc) is 2.21. The van der Waals surface area contributed by atoms with Crippen molar-refractivity contribution in [3.63, 3.8) is 0 Å². The third-order valence-electron chi connectivity index (χ3n) is 2.47. The summed E-state index contributed by atoms with van der Waals surface area (Å²) in [6.07, 6.45) is 1.61. The lowest BCUT2D eigenvalue weighted by molar-refractivity contribution is 0.203. The molecular formula is C12H18O2S. The summed E-state index contributed by atoms with van der Waals surface area (Å²) in [5.74, 6) is 1.61. The van der Waals surface area contributed by atoms with Crippen LogP contribution in [0.5, 0.6) is 5.75 Å². The molecule has 0 aliphatic heterocycles. The highest BCUT2D eigenvalue weighted by atomic mass is 32.2. The third kappa shape index (κ3) is 2.89. The number of hydrogen-bond acceptors (Lipinski definition) is 3. The number of aryl methyl sites for hydroxylation is 2. The fourth-order valence-corrected chi connectivity index (χ4v) is 2.13. The summed E-state index contributed by atoms with van der Waals surface area (Å²) in [6.45, 7) is 3.99. The van der Waals surface area contributed by atoms with Crippen LogP contribution in [0.3, 0.4) is 0 Å². The number of thioether (sulfide) groups is 1. The largest absolute Gasteiger partial charge is 0.496 e. The van der Waals surface area contributed by atoms with Crippen molar-refractivity contribution in [2.75, 3.05) is 19.1 Å². The maximum Gasteiger partial charge on any atom is 0.122 e. The minimum Gasteiger partial charge on any atom is -0.496 e. The van der Waals surface area contributed by atoms with E-state index in [4.69, 9.17) is 4.74 Å². The molecule has 1 atom stereocenters. The number of aliphatic hydroxyl groups excluding tert-OH is 1. The molecule has 0 fully saturated rings. The summed E-state index contributed by atoms with van der Waals surface area (Å²) in [6, 6.07) is 3.99. The second-order valence-electron chi connectivity index (χ2n) is 3.65. The van der Waals surface area contributed by atoms with Gasteiger partial charge in [0, 0.05) is 5.75 Å². The van der Waals surface area contributed by atoms with Gasteiger partial charge in [0.15, 0.2) is 0 Å². The van der Waals surface area contributed by atoms with Crippen molar-refractivity contribution in [2.24, 2.45) is 0 Å². The fraction of sp³-hybridized carbons (Fsp3) is 0.500. The predicted molar refractivity (Wildman–Crippen MR) is 65.8 cm³/mol. The number of methoxy groups -OCH3 is 1. The van der Waals surface area contributed by atoms with Crippen LogP contribution in [-0.2, 0) is 0 Å². The molecule has 0 saturated heterocycles. The van der Waals surface area contributed by atoms with Crippen LogP contribution in [0.1, 0.15) is 22.8 Å². The fourth-order valence-electron chi connectivity index (χ4n) is 1.64. The van der Waals surface area contributed by atoms with Gasteiger partial charge < -0.3 is 9.84 Å². The predicted octanol–water partition coefficient (Wildman–Crippen LogP) is 2.71. The molecule has 2 nitrogen and oxygen atoms in total. The quantitative estimate of drug-likeness (QED) is 0.856. The Morgan fingerprint density at radius 3 is 2.53 bits per heavy atom. The van der Waals surface area contributed by atoms with Crippen molar-refractivity contribution in [1.82, 2.24) is 0 Å². The van der Waals surface area contributed by atoms with E-state index in [9.17, 15) is 5.11 Å². The van der Waals surface area contributed by atoms with Crippen molar-refractivity contribution in [3.05, 3.63) is 28.8 Å². The number of ether oxygens (including phenoxy) is 1. The second kappa shape index (κ2) is 5.42. The monoisotopic (exact) mass is 226 g/mol. The van der Waals surface area contributed by atoms with E-state index in [1.807, 2.05) is 32.2 Å². The number of benzene rings is 1. The summed E-state index contributed by atoms with van der Waals surface area (Å²) in [7, 11) is 1.67. The normalized spacial score (nSPS) is 12.6. The Bertz CT molecular complexity index is 337. The number of aliphatic hydroxyl groups is 1. The van der Waals surface area contributed by atoms with E-state index in [0.717, 1.165) is 28.2 Å². The zero-order chi connectivity index (χ0) is 11.4. The van der Waals surface area contributed by atoms with Crippen LogP contribution < -0.4 is 4.74 Å². The second-order valence-corrected chi connectivity index (χ2v) is 4.56. The van der Waals surface area contributed by atoms with Crippen molar-refractivity contribution >= 4 is 11.8 Å². The van der Waals surface area contributed by atoms with Gasteiger partial charge in [0.2, 0.25) is 0 Å². The molecule has 0 spiro atoms. The smallest absolute Gasteiger partial charge is 0.122 e. The molecule has 0 bridgehead atoms. The highest BCUT2D eigenvalue weighted by Crippen LogP contribution is 2.27. The van der Waals surface area contributed by atoms with Gasteiger partial charge in [-0.05, 0) is 48.9 Å². The van der Waals surface area contributed by atoms with Gasteiger partial charge >= 0.3 is 0 Å². The van der Waals surface area contributed by atoms with Gasteiger partial charge in [0.05, 0.1) is 13.2 Å². The Morgan fingerprint density at radius 1 is 1.33 bits per heavy atom. The molecule has 0 amide bonds. The average molecular weight is 226 g/mol. The third-order valence-corrected chi connectivity index (χ3v) is 3.12. The van der Waals surface area contributed by atoms with Crippen molar-refractivity contribution < 1.29 is 9.84 Å². The summed E-state index contributed by atoms with van der Waals surface area (Å²) in [4.78, 5) is 0. The lowest BCUT2D eigenvalue weighted by Gasteiger charge is -2.15. The SMILES string of the molecule is COc1cc(C)c(C(O)CSC)cc1C. The molecule has 0 aromatic heterocycles. The standard InChI is InChI=1S/C12H18O2S/c1-8-6-12(14-3)9(2)5-10(8)11(13)7-15-4/h5-6,11,13H,7H2,1-4H3. The topological polar surface area (TPSA) is 29.5 Å². The molecule has 1 aromatic rings. The van der Waals surface area contributed by atoms with Crippen LogP contribution >= 0.6 is 11.8 Å². The maximum absolute atomic E-state index is 9.93. The van der Waals surface area contributed by atoms with E-state index in [-0.39, 0.29) is 6.10 Å². The zero-order valence-corrected chi connectivity index (χ0v) is 10.5. The lowest BCUT2D eigenvalue weighted by Crippen LogP contribution is -2.04. The van der Waals surface area contributed by atoms with Gasteiger partial charge in [-0.2, -0.15) is 11.8 Å². The Kier molecular flexibility index (Phi) is 4.48. The van der Waals surface area contributed by atoms with E-state index in [0.29, 0.717) is 0 Å². The van der Waals surface area contributed by atoms with E-state index >= 15 is 0 Å². The first-order valence-electron chi connectivity index (χ1n) is 4.92. The van der Waals surface area contributed by atoms with Gasteiger partial charge in [-0.25, -0.2) is 0 Å². The summed E-state index contributed by atoms with van der Waals surface area (Å²) >= 11 is 1.65. The molecular weight excluding hydrogens is 208 g/mol. The Labute approximate surface area is 95.7 Å². The van der Waals surface area contributed by atoms with Crippen LogP contribution in [0.15, 0.2) is 12.1 Å². The molecule has 1 aromatic carbocycles. The highest BCUT2D eigenvalue weighted by Gasteiger charge is 2.12. The molecule has 0 aliphatic rings. The lowest BCUT2D eigenvalue weighted by atomic mass is 10.0. The van der Waals surface area contributed by atoms with E-state index in [1.165, 1.54) is 0 Å². The molecule has 84 valence electrons. The summed E-state index contributed by atoms with van der Waals surface area (Å²) in [5.41, 5.74) is 3.15. The maximum atomic E-state index is 9.93.